The number of nitrogens with one attached hydrogen (secondary N) is 1. The zero-order valence-electron chi connectivity index (χ0n) is 12.2. The number of carbonyl (C=O) groups excluding carboxylic acids is 1. The van der Waals surface area contributed by atoms with Crippen LogP contribution in [0.4, 0.5) is 0 Å². The highest BCUT2D eigenvalue weighted by Crippen LogP contribution is 2.28. The number of amides is 1. The minimum Gasteiger partial charge on any atom is -0.481 e. The van der Waals surface area contributed by atoms with E-state index in [1.807, 2.05) is 11.8 Å². The SMILES string of the molecule is CC(C)CCNC(=O)C(C)N(CCC(=O)O)C1CC1. The summed E-state index contributed by atoms with van der Waals surface area (Å²) in [7, 11) is 0. The molecule has 0 radical (unpaired) electrons. The Morgan fingerprint density at radius 3 is 2.42 bits per heavy atom. The van der Waals surface area contributed by atoms with Gasteiger partial charge in [0, 0.05) is 19.1 Å². The maximum Gasteiger partial charge on any atom is 0.304 e. The van der Waals surface area contributed by atoms with Crippen LogP contribution in [-0.2, 0) is 9.59 Å². The summed E-state index contributed by atoms with van der Waals surface area (Å²) in [6, 6.07) is 0.157. The highest BCUT2D eigenvalue weighted by molar-refractivity contribution is 5.81. The van der Waals surface area contributed by atoms with Gasteiger partial charge in [0.05, 0.1) is 12.5 Å². The number of carboxylic acid groups (broad SMARTS) is 1. The van der Waals surface area contributed by atoms with Crippen molar-refractivity contribution in [2.45, 2.75) is 58.5 Å². The highest BCUT2D eigenvalue weighted by Gasteiger charge is 2.34. The van der Waals surface area contributed by atoms with Crippen LogP contribution in [0.5, 0.6) is 0 Å². The van der Waals surface area contributed by atoms with Gasteiger partial charge in [-0.25, -0.2) is 0 Å². The maximum atomic E-state index is 12.0. The Labute approximate surface area is 115 Å². The molecule has 1 fully saturated rings. The van der Waals surface area contributed by atoms with Crippen molar-refractivity contribution >= 4 is 11.9 Å². The quantitative estimate of drug-likeness (QED) is 0.666. The van der Waals surface area contributed by atoms with E-state index in [0.717, 1.165) is 19.3 Å². The van der Waals surface area contributed by atoms with Gasteiger partial charge in [-0.2, -0.15) is 0 Å². The zero-order valence-corrected chi connectivity index (χ0v) is 12.2. The molecule has 1 aliphatic carbocycles. The highest BCUT2D eigenvalue weighted by atomic mass is 16.4. The van der Waals surface area contributed by atoms with E-state index in [1.165, 1.54) is 0 Å². The van der Waals surface area contributed by atoms with Crippen LogP contribution in [0.3, 0.4) is 0 Å². The van der Waals surface area contributed by atoms with Gasteiger partial charge in [-0.1, -0.05) is 13.8 Å². The minimum absolute atomic E-state index is 0.0120. The lowest BCUT2D eigenvalue weighted by Crippen LogP contribution is -2.47. The maximum absolute atomic E-state index is 12.0. The smallest absolute Gasteiger partial charge is 0.304 e. The third kappa shape index (κ3) is 6.05. The number of aliphatic carboxylic acids is 1. The Hall–Kier alpha value is -1.10. The van der Waals surface area contributed by atoms with Gasteiger partial charge in [0.25, 0.3) is 0 Å². The average Bonchev–Trinajstić information content (AvgIpc) is 3.12. The monoisotopic (exact) mass is 270 g/mol. The van der Waals surface area contributed by atoms with Crippen molar-refractivity contribution in [3.8, 4) is 0 Å². The molecule has 0 aromatic rings. The molecule has 110 valence electrons. The first kappa shape index (κ1) is 16.0. The van der Waals surface area contributed by atoms with E-state index >= 15 is 0 Å². The van der Waals surface area contributed by atoms with Crippen LogP contribution in [0.15, 0.2) is 0 Å². The molecule has 19 heavy (non-hydrogen) atoms. The molecule has 1 rings (SSSR count). The van der Waals surface area contributed by atoms with Crippen LogP contribution in [0, 0.1) is 5.92 Å². The summed E-state index contributed by atoms with van der Waals surface area (Å²) >= 11 is 0. The zero-order chi connectivity index (χ0) is 14.4. The summed E-state index contributed by atoms with van der Waals surface area (Å²) in [6.07, 6.45) is 3.21. The molecule has 1 saturated carbocycles. The van der Waals surface area contributed by atoms with Crippen molar-refractivity contribution in [3.05, 3.63) is 0 Å². The number of carboxylic acids is 1. The summed E-state index contributed by atoms with van der Waals surface area (Å²) < 4.78 is 0. The lowest BCUT2D eigenvalue weighted by atomic mass is 10.1. The van der Waals surface area contributed by atoms with E-state index < -0.39 is 5.97 Å². The van der Waals surface area contributed by atoms with Gasteiger partial charge < -0.3 is 10.4 Å². The molecule has 1 atom stereocenters. The largest absolute Gasteiger partial charge is 0.481 e. The number of hydrogen-bond donors (Lipinski definition) is 2. The number of rotatable bonds is 9. The van der Waals surface area contributed by atoms with E-state index in [2.05, 4.69) is 19.2 Å². The van der Waals surface area contributed by atoms with E-state index in [0.29, 0.717) is 25.0 Å². The Kier molecular flexibility index (Phi) is 6.28. The van der Waals surface area contributed by atoms with Gasteiger partial charge in [-0.05, 0) is 32.1 Å². The van der Waals surface area contributed by atoms with Crippen LogP contribution in [0.25, 0.3) is 0 Å². The van der Waals surface area contributed by atoms with Gasteiger partial charge >= 0.3 is 5.97 Å². The Balaban J connectivity index is 2.39. The van der Waals surface area contributed by atoms with Gasteiger partial charge in [-0.15, -0.1) is 0 Å². The predicted octanol–water partition coefficient (Wildman–Crippen LogP) is 1.48. The summed E-state index contributed by atoms with van der Waals surface area (Å²) in [6.45, 7) is 7.26. The molecule has 1 aliphatic rings. The molecule has 0 heterocycles. The summed E-state index contributed by atoms with van der Waals surface area (Å²) in [5.74, 6) is -0.224. The number of nitrogens with zero attached hydrogens (tertiary/aromatic N) is 1. The molecule has 0 aromatic heterocycles. The third-order valence-corrected chi connectivity index (χ3v) is 3.50. The molecule has 0 spiro atoms. The Morgan fingerprint density at radius 1 is 1.32 bits per heavy atom. The first-order chi connectivity index (χ1) is 8.91. The van der Waals surface area contributed by atoms with Crippen molar-refractivity contribution < 1.29 is 14.7 Å². The van der Waals surface area contributed by atoms with Crippen molar-refractivity contribution in [2.24, 2.45) is 5.92 Å². The normalized spacial score (nSPS) is 16.7. The van der Waals surface area contributed by atoms with Gasteiger partial charge in [0.2, 0.25) is 5.91 Å². The topological polar surface area (TPSA) is 69.6 Å². The van der Waals surface area contributed by atoms with E-state index in [9.17, 15) is 9.59 Å². The molecular weight excluding hydrogens is 244 g/mol. The molecule has 5 nitrogen and oxygen atoms in total. The summed E-state index contributed by atoms with van der Waals surface area (Å²) in [5, 5.41) is 11.7. The molecule has 0 bridgehead atoms. The average molecular weight is 270 g/mol. The molecule has 2 N–H and O–H groups in total. The number of hydrogen-bond acceptors (Lipinski definition) is 3. The summed E-state index contributed by atoms with van der Waals surface area (Å²) in [4.78, 5) is 24.7. The lowest BCUT2D eigenvalue weighted by Gasteiger charge is -2.27. The predicted molar refractivity (Wildman–Crippen MR) is 73.9 cm³/mol. The first-order valence-electron chi connectivity index (χ1n) is 7.17. The van der Waals surface area contributed by atoms with Gasteiger partial charge in [0.1, 0.15) is 0 Å². The standard InChI is InChI=1S/C14H26N2O3/c1-10(2)6-8-15-14(19)11(3)16(12-4-5-12)9-7-13(17)18/h10-12H,4-9H2,1-3H3,(H,15,19)(H,17,18). The van der Waals surface area contributed by atoms with Crippen molar-refractivity contribution in [2.75, 3.05) is 13.1 Å². The molecule has 1 amide bonds. The van der Waals surface area contributed by atoms with E-state index in [1.54, 1.807) is 0 Å². The Bertz CT molecular complexity index is 314. The second kappa shape index (κ2) is 7.48. The first-order valence-corrected chi connectivity index (χ1v) is 7.17. The van der Waals surface area contributed by atoms with Crippen LogP contribution >= 0.6 is 0 Å². The van der Waals surface area contributed by atoms with Crippen LogP contribution in [0.1, 0.15) is 46.5 Å². The second-order valence-corrected chi connectivity index (χ2v) is 5.76. The molecular formula is C14H26N2O3. The summed E-state index contributed by atoms with van der Waals surface area (Å²) in [5.41, 5.74) is 0. The fourth-order valence-corrected chi connectivity index (χ4v) is 2.11. The second-order valence-electron chi connectivity index (χ2n) is 5.76. The van der Waals surface area contributed by atoms with Crippen molar-refractivity contribution in [1.82, 2.24) is 10.2 Å². The van der Waals surface area contributed by atoms with Crippen LogP contribution in [-0.4, -0.2) is 47.1 Å². The molecule has 0 saturated heterocycles. The third-order valence-electron chi connectivity index (χ3n) is 3.50. The van der Waals surface area contributed by atoms with Crippen molar-refractivity contribution in [3.63, 3.8) is 0 Å². The fraction of sp³-hybridized carbons (Fsp3) is 0.857. The van der Waals surface area contributed by atoms with Gasteiger partial charge in [-0.3, -0.25) is 14.5 Å². The Morgan fingerprint density at radius 2 is 1.95 bits per heavy atom. The van der Waals surface area contributed by atoms with Crippen LogP contribution in [0.2, 0.25) is 0 Å². The van der Waals surface area contributed by atoms with E-state index in [-0.39, 0.29) is 18.4 Å². The molecule has 5 heteroatoms. The van der Waals surface area contributed by atoms with Crippen molar-refractivity contribution in [1.29, 1.82) is 0 Å². The molecule has 0 aliphatic heterocycles. The fourth-order valence-electron chi connectivity index (χ4n) is 2.11. The number of carbonyl (C=O) groups is 2. The minimum atomic E-state index is -0.807. The van der Waals surface area contributed by atoms with Crippen LogP contribution < -0.4 is 5.32 Å². The lowest BCUT2D eigenvalue weighted by molar-refractivity contribution is -0.138. The molecule has 0 aromatic carbocycles. The van der Waals surface area contributed by atoms with Gasteiger partial charge in [0.15, 0.2) is 0 Å². The van der Waals surface area contributed by atoms with E-state index in [4.69, 9.17) is 5.11 Å². The molecule has 1 unspecified atom stereocenters.